The lowest BCUT2D eigenvalue weighted by Crippen LogP contribution is -2.47. The molecule has 0 aromatic carbocycles. The zero-order valence-corrected chi connectivity index (χ0v) is 12.7. The summed E-state index contributed by atoms with van der Waals surface area (Å²) in [6.07, 6.45) is 2.06. The molecule has 0 aliphatic heterocycles. The van der Waals surface area contributed by atoms with Crippen LogP contribution in [0.5, 0.6) is 0 Å². The molecule has 0 bridgehead atoms. The maximum atomic E-state index is 13.2. The van der Waals surface area contributed by atoms with Crippen LogP contribution in [0.3, 0.4) is 0 Å². The second kappa shape index (κ2) is 11.0. The number of allylic oxidation sites excluding steroid dienone is 1. The van der Waals surface area contributed by atoms with Gasteiger partial charge in [0.05, 0.1) is 12.4 Å². The SMILES string of the molecule is CC[C@](N)(CC/C=C(/F)CNC(C)=N)C(=O)O.Cl.Cl. The monoisotopic (exact) mass is 317 g/mol. The summed E-state index contributed by atoms with van der Waals surface area (Å²) in [4.78, 5) is 10.9. The number of hydrogen-bond donors (Lipinski definition) is 4. The van der Waals surface area contributed by atoms with Crippen LogP contribution in [0.4, 0.5) is 4.39 Å². The summed E-state index contributed by atoms with van der Waals surface area (Å²) in [5.74, 6) is -1.30. The minimum absolute atomic E-state index is 0. The second-order valence-electron chi connectivity index (χ2n) is 3.98. The van der Waals surface area contributed by atoms with Crippen molar-refractivity contribution in [2.75, 3.05) is 6.54 Å². The standard InChI is InChI=1S/C11H20FN3O2.2ClH/c1-3-11(14,10(16)17)6-4-5-9(12)7-15-8(2)13;;/h5H,3-4,6-7,14H2,1-2H3,(H2,13,15)(H,16,17);2*1H/b9-5+;;/t11-;;/m0../s1. The van der Waals surface area contributed by atoms with Crippen molar-refractivity contribution < 1.29 is 14.3 Å². The van der Waals surface area contributed by atoms with Crippen LogP contribution in [-0.4, -0.2) is 29.0 Å². The third-order valence-corrected chi connectivity index (χ3v) is 2.54. The lowest BCUT2D eigenvalue weighted by atomic mass is 9.92. The average Bonchev–Trinajstić information content (AvgIpc) is 2.25. The lowest BCUT2D eigenvalue weighted by molar-refractivity contribution is -0.143. The number of amidine groups is 1. The van der Waals surface area contributed by atoms with Crippen LogP contribution in [0, 0.1) is 5.41 Å². The zero-order chi connectivity index (χ0) is 13.5. The molecular weight excluding hydrogens is 296 g/mol. The van der Waals surface area contributed by atoms with E-state index in [-0.39, 0.29) is 50.0 Å². The number of carboxylic acids is 1. The molecule has 0 radical (unpaired) electrons. The highest BCUT2D eigenvalue weighted by Crippen LogP contribution is 2.15. The van der Waals surface area contributed by atoms with Crippen LogP contribution in [0.2, 0.25) is 0 Å². The molecule has 0 saturated heterocycles. The number of rotatable bonds is 7. The van der Waals surface area contributed by atoms with Gasteiger partial charge in [-0.3, -0.25) is 10.2 Å². The molecule has 5 N–H and O–H groups in total. The first-order valence-electron chi connectivity index (χ1n) is 5.47. The van der Waals surface area contributed by atoms with Gasteiger partial charge in [-0.1, -0.05) is 13.0 Å². The molecule has 0 rings (SSSR count). The highest BCUT2D eigenvalue weighted by molar-refractivity contribution is 5.85. The summed E-state index contributed by atoms with van der Waals surface area (Å²) in [6.45, 7) is 3.15. The number of carbonyl (C=O) groups is 1. The molecule has 0 spiro atoms. The molecule has 0 unspecified atom stereocenters. The van der Waals surface area contributed by atoms with Crippen LogP contribution in [-0.2, 0) is 4.79 Å². The smallest absolute Gasteiger partial charge is 0.323 e. The van der Waals surface area contributed by atoms with E-state index >= 15 is 0 Å². The van der Waals surface area contributed by atoms with Gasteiger partial charge in [0.25, 0.3) is 0 Å². The van der Waals surface area contributed by atoms with Crippen LogP contribution >= 0.6 is 24.8 Å². The van der Waals surface area contributed by atoms with Crippen molar-refractivity contribution in [2.45, 2.75) is 38.6 Å². The van der Waals surface area contributed by atoms with Crippen molar-refractivity contribution in [3.8, 4) is 0 Å². The van der Waals surface area contributed by atoms with Crippen molar-refractivity contribution in [3.05, 3.63) is 11.9 Å². The number of nitrogens with two attached hydrogens (primary N) is 1. The molecule has 8 heteroatoms. The van der Waals surface area contributed by atoms with Crippen LogP contribution < -0.4 is 11.1 Å². The van der Waals surface area contributed by atoms with Crippen LogP contribution in [0.1, 0.15) is 33.1 Å². The van der Waals surface area contributed by atoms with Gasteiger partial charge in [0.2, 0.25) is 0 Å². The van der Waals surface area contributed by atoms with E-state index in [0.717, 1.165) is 0 Å². The minimum Gasteiger partial charge on any atom is -0.480 e. The second-order valence-corrected chi connectivity index (χ2v) is 3.98. The number of halogens is 3. The molecule has 5 nitrogen and oxygen atoms in total. The van der Waals surface area contributed by atoms with E-state index in [4.69, 9.17) is 16.2 Å². The van der Waals surface area contributed by atoms with Crippen molar-refractivity contribution in [1.82, 2.24) is 5.32 Å². The first-order valence-corrected chi connectivity index (χ1v) is 5.47. The Balaban J connectivity index is -0.00000128. The first kappa shape index (κ1) is 23.3. The lowest BCUT2D eigenvalue weighted by Gasteiger charge is -2.21. The number of hydrogen-bond acceptors (Lipinski definition) is 3. The van der Waals surface area contributed by atoms with Gasteiger partial charge in [0.1, 0.15) is 11.4 Å². The van der Waals surface area contributed by atoms with Gasteiger partial charge in [-0.05, 0) is 26.2 Å². The molecule has 1 atom stereocenters. The number of carboxylic acid groups (broad SMARTS) is 1. The molecule has 0 aromatic heterocycles. The van der Waals surface area contributed by atoms with E-state index < -0.39 is 17.3 Å². The van der Waals surface area contributed by atoms with Crippen molar-refractivity contribution >= 4 is 36.6 Å². The fourth-order valence-corrected chi connectivity index (χ4v) is 1.21. The molecule has 0 aliphatic carbocycles. The Morgan fingerprint density at radius 3 is 2.42 bits per heavy atom. The van der Waals surface area contributed by atoms with Crippen molar-refractivity contribution in [3.63, 3.8) is 0 Å². The van der Waals surface area contributed by atoms with E-state index in [2.05, 4.69) is 5.32 Å². The van der Waals surface area contributed by atoms with E-state index in [9.17, 15) is 9.18 Å². The fourth-order valence-electron chi connectivity index (χ4n) is 1.21. The summed E-state index contributed by atoms with van der Waals surface area (Å²) in [5, 5.41) is 18.5. The zero-order valence-electron chi connectivity index (χ0n) is 11.0. The fraction of sp³-hybridized carbons (Fsp3) is 0.636. The van der Waals surface area contributed by atoms with Gasteiger partial charge in [0, 0.05) is 0 Å². The molecule has 0 saturated carbocycles. The van der Waals surface area contributed by atoms with Gasteiger partial charge in [-0.15, -0.1) is 24.8 Å². The molecule has 0 aromatic rings. The third-order valence-electron chi connectivity index (χ3n) is 2.54. The minimum atomic E-state index is -1.29. The molecule has 0 heterocycles. The molecule has 0 aliphatic rings. The first-order chi connectivity index (χ1) is 7.81. The summed E-state index contributed by atoms with van der Waals surface area (Å²) in [6, 6.07) is 0. The molecule has 114 valence electrons. The summed E-state index contributed by atoms with van der Waals surface area (Å²) in [7, 11) is 0. The highest BCUT2D eigenvalue weighted by Gasteiger charge is 2.30. The largest absolute Gasteiger partial charge is 0.480 e. The normalized spacial score (nSPS) is 13.6. The average molecular weight is 318 g/mol. The van der Waals surface area contributed by atoms with Crippen molar-refractivity contribution in [1.29, 1.82) is 5.41 Å². The van der Waals surface area contributed by atoms with E-state index in [1.54, 1.807) is 6.92 Å². The predicted molar refractivity (Wildman–Crippen MR) is 79.2 cm³/mol. The Kier molecular flexibility index (Phi) is 13.5. The van der Waals surface area contributed by atoms with Crippen LogP contribution in [0.15, 0.2) is 11.9 Å². The molecule has 0 fully saturated rings. The van der Waals surface area contributed by atoms with Gasteiger partial charge >= 0.3 is 5.97 Å². The highest BCUT2D eigenvalue weighted by atomic mass is 35.5. The van der Waals surface area contributed by atoms with Crippen LogP contribution in [0.25, 0.3) is 0 Å². The Bertz CT molecular complexity index is 327. The third kappa shape index (κ3) is 9.69. The van der Waals surface area contributed by atoms with Gasteiger partial charge in [-0.2, -0.15) is 0 Å². The molecule has 0 amide bonds. The number of aliphatic carboxylic acids is 1. The topological polar surface area (TPSA) is 99.2 Å². The molecular formula is C11H22Cl2FN3O2. The summed E-state index contributed by atoms with van der Waals surface area (Å²) in [5.41, 5.74) is 4.36. The maximum absolute atomic E-state index is 13.2. The Morgan fingerprint density at radius 1 is 1.53 bits per heavy atom. The molecule has 19 heavy (non-hydrogen) atoms. The Morgan fingerprint density at radius 2 is 2.05 bits per heavy atom. The van der Waals surface area contributed by atoms with Gasteiger partial charge < -0.3 is 16.2 Å². The van der Waals surface area contributed by atoms with E-state index in [1.165, 1.54) is 13.0 Å². The maximum Gasteiger partial charge on any atom is 0.323 e. The van der Waals surface area contributed by atoms with Gasteiger partial charge in [-0.25, -0.2) is 4.39 Å². The summed E-state index contributed by atoms with van der Waals surface area (Å²) < 4.78 is 13.2. The quantitative estimate of drug-likeness (QED) is 0.427. The van der Waals surface area contributed by atoms with E-state index in [1.807, 2.05) is 0 Å². The van der Waals surface area contributed by atoms with Gasteiger partial charge in [0.15, 0.2) is 0 Å². The van der Waals surface area contributed by atoms with E-state index in [0.29, 0.717) is 6.42 Å². The predicted octanol–water partition coefficient (Wildman–Crippen LogP) is 2.24. The number of nitrogens with one attached hydrogen (secondary N) is 2. The summed E-state index contributed by atoms with van der Waals surface area (Å²) >= 11 is 0. The Labute approximate surface area is 125 Å². The van der Waals surface area contributed by atoms with Crippen molar-refractivity contribution in [2.24, 2.45) is 5.73 Å². The Hall–Kier alpha value is -0.850.